The van der Waals surface area contributed by atoms with E-state index in [-0.39, 0.29) is 5.43 Å². The van der Waals surface area contributed by atoms with Gasteiger partial charge in [0.2, 0.25) is 0 Å². The molecule has 0 heterocycles. The average Bonchev–Trinajstić information content (AvgIpc) is 3.01. The Hall–Kier alpha value is 0.380. The van der Waals surface area contributed by atoms with E-state index in [0.717, 1.165) is 0 Å². The minimum atomic E-state index is -1.65. The molecule has 0 N–H and O–H groups in total. The fourth-order valence-electron chi connectivity index (χ4n) is 1.83. The second-order valence-corrected chi connectivity index (χ2v) is 30.1. The molecule has 0 aliphatic heterocycles. The summed E-state index contributed by atoms with van der Waals surface area (Å²) in [6, 6.07) is 12.9. The van der Waals surface area contributed by atoms with Gasteiger partial charge in [-0.05, 0) is 0 Å². The summed E-state index contributed by atoms with van der Waals surface area (Å²) in [6.07, 6.45) is 0. The van der Waals surface area contributed by atoms with Gasteiger partial charge in [0.25, 0.3) is 0 Å². The van der Waals surface area contributed by atoms with Gasteiger partial charge in [-0.3, -0.25) is 0 Å². The number of halogens is 2. The largest absolute Gasteiger partial charge is 0.208 e. The van der Waals surface area contributed by atoms with Crippen molar-refractivity contribution in [1.29, 1.82) is 0 Å². The number of hydrogen-bond donors (Lipinski definition) is 0. The maximum absolute atomic E-state index is 5.62. The van der Waals surface area contributed by atoms with Crippen LogP contribution < -0.4 is 0 Å². The summed E-state index contributed by atoms with van der Waals surface area (Å²) in [7, 11) is 11.2. The zero-order valence-electron chi connectivity index (χ0n) is 15.7. The Morgan fingerprint density at radius 3 is 1.74 bits per heavy atom. The molecule has 0 spiro atoms. The Morgan fingerprint density at radius 1 is 1.09 bits per heavy atom. The van der Waals surface area contributed by atoms with Gasteiger partial charge >= 0.3 is 53.5 Å². The molecule has 0 atom stereocenters. The van der Waals surface area contributed by atoms with Crippen molar-refractivity contribution >= 4 is 22.5 Å². The normalized spacial score (nSPS) is 10.2. The third kappa shape index (κ3) is 10.8. The monoisotopic (exact) mass is 446 g/mol. The van der Waals surface area contributed by atoms with Crippen molar-refractivity contribution in [2.45, 2.75) is 60.1 Å². The summed E-state index contributed by atoms with van der Waals surface area (Å²) in [5.41, 5.74) is 5.70. The topological polar surface area (TPSA) is 0 Å². The third-order valence-electron chi connectivity index (χ3n) is 3.42. The van der Waals surface area contributed by atoms with Crippen molar-refractivity contribution in [3.05, 3.63) is 58.7 Å². The second-order valence-electron chi connectivity index (χ2n) is 7.08. The van der Waals surface area contributed by atoms with Crippen LogP contribution in [0.15, 0.2) is 36.4 Å². The van der Waals surface area contributed by atoms with E-state index < -0.39 is 18.0 Å². The van der Waals surface area contributed by atoms with Gasteiger partial charge in [0.15, 0.2) is 0 Å². The van der Waals surface area contributed by atoms with E-state index in [4.69, 9.17) is 17.0 Å². The van der Waals surface area contributed by atoms with E-state index in [0.29, 0.717) is 5.41 Å². The van der Waals surface area contributed by atoms with Crippen molar-refractivity contribution < 1.29 is 18.0 Å². The van der Waals surface area contributed by atoms with E-state index in [9.17, 15) is 0 Å². The van der Waals surface area contributed by atoms with Crippen molar-refractivity contribution in [3.8, 4) is 0 Å². The smallest absolute Gasteiger partial charge is 0.0632 e. The summed E-state index contributed by atoms with van der Waals surface area (Å²) in [5, 5.41) is 0. The van der Waals surface area contributed by atoms with Crippen LogP contribution in [0.25, 0.3) is 0 Å². The first kappa shape index (κ1) is 23.4. The van der Waals surface area contributed by atoms with Crippen molar-refractivity contribution in [1.82, 2.24) is 0 Å². The minimum absolute atomic E-state index is 0.224. The van der Waals surface area contributed by atoms with Gasteiger partial charge in [0.05, 0.1) is 0 Å². The maximum atomic E-state index is 5.62. The Morgan fingerprint density at radius 2 is 1.61 bits per heavy atom. The molecule has 0 fully saturated rings. The van der Waals surface area contributed by atoms with Crippen LogP contribution in [0, 0.1) is 20.8 Å². The second kappa shape index (κ2) is 11.1. The van der Waals surface area contributed by atoms with Crippen LogP contribution in [-0.2, 0) is 23.4 Å². The van der Waals surface area contributed by atoms with Crippen LogP contribution in [0.3, 0.4) is 0 Å². The minimum Gasteiger partial charge on any atom is -0.208 e. The molecule has 0 nitrogen and oxygen atoms in total. The SMILES string of the molecule is CC(C)(C)c1cc[cH-]c1.C[Si](C)=[Zr]([Cl])[Cl].Cc1cc(C)c(C)[cH-]1. The predicted molar refractivity (Wildman–Crippen MR) is 106 cm³/mol. The fraction of sp³-hybridized carbons (Fsp3) is 0.474. The number of hydrogen-bond acceptors (Lipinski definition) is 0. The number of rotatable bonds is 0. The molecular weight excluding hydrogens is 418 g/mol. The van der Waals surface area contributed by atoms with Crippen LogP contribution in [-0.4, -0.2) is 5.43 Å². The Kier molecular flexibility index (Phi) is 11.3. The third-order valence-corrected chi connectivity index (χ3v) is 23.2. The van der Waals surface area contributed by atoms with Crippen LogP contribution in [0.2, 0.25) is 13.1 Å². The summed E-state index contributed by atoms with van der Waals surface area (Å²) >= 11 is -1.65. The molecule has 4 heteroatoms. The summed E-state index contributed by atoms with van der Waals surface area (Å²) in [6.45, 7) is 17.4. The van der Waals surface area contributed by atoms with Crippen molar-refractivity contribution in [2.24, 2.45) is 0 Å². The van der Waals surface area contributed by atoms with Crippen molar-refractivity contribution in [2.75, 3.05) is 0 Å². The van der Waals surface area contributed by atoms with Gasteiger partial charge in [-0.15, -0.1) is 0 Å². The first-order chi connectivity index (χ1) is 10.4. The first-order valence-electron chi connectivity index (χ1n) is 7.86. The molecule has 0 aromatic heterocycles. The quantitative estimate of drug-likeness (QED) is 0.295. The van der Waals surface area contributed by atoms with Gasteiger partial charge in [0.1, 0.15) is 0 Å². The van der Waals surface area contributed by atoms with Crippen LogP contribution in [0.5, 0.6) is 0 Å². The summed E-state index contributed by atoms with van der Waals surface area (Å²) in [5.74, 6) is 0. The molecule has 0 saturated heterocycles. The first-order valence-corrected chi connectivity index (χ1v) is 20.4. The average molecular weight is 449 g/mol. The standard InChI is InChI=1S/C9H13.C8H11.C2H6Si.2ClH.Zr/c1-9(2,3)8-6-4-5-7-8;1-6-4-7(2)8(3)5-6;1-3-2;;;/h4-7H,1-3H3;4-5H,1-3H3;1-2H3;2*1H;/q2*-1;;;;+2/p-2. The fourth-order valence-corrected chi connectivity index (χ4v) is 1.83. The van der Waals surface area contributed by atoms with E-state index >= 15 is 0 Å². The molecule has 2 rings (SSSR count). The van der Waals surface area contributed by atoms with Gasteiger partial charge in [-0.25, -0.2) is 12.1 Å². The molecule has 2 aromatic carbocycles. The van der Waals surface area contributed by atoms with E-state index in [1.54, 1.807) is 0 Å². The molecule has 2 aromatic rings. The van der Waals surface area contributed by atoms with Gasteiger partial charge in [0, 0.05) is 0 Å². The van der Waals surface area contributed by atoms with Crippen LogP contribution in [0.4, 0.5) is 0 Å². The molecule has 0 unspecified atom stereocenters. The molecule has 0 aliphatic carbocycles. The van der Waals surface area contributed by atoms with Crippen LogP contribution >= 0.6 is 17.0 Å². The van der Waals surface area contributed by atoms with Crippen LogP contribution in [0.1, 0.15) is 43.0 Å². The molecule has 0 saturated carbocycles. The zero-order chi connectivity index (χ0) is 18.2. The molecule has 0 aliphatic rings. The zero-order valence-corrected chi connectivity index (χ0v) is 20.7. The van der Waals surface area contributed by atoms with Gasteiger partial charge in [-0.1, -0.05) is 47.0 Å². The Bertz CT molecular complexity index is 564. The maximum Gasteiger partial charge on any atom is -0.0632 e. The predicted octanol–water partition coefficient (Wildman–Crippen LogP) is 7.20. The van der Waals surface area contributed by atoms with E-state index in [1.165, 1.54) is 22.3 Å². The molecule has 0 bridgehead atoms. The Labute approximate surface area is 158 Å². The van der Waals surface area contributed by atoms with E-state index in [2.05, 4.69) is 91.0 Å². The molecule has 0 amide bonds. The summed E-state index contributed by atoms with van der Waals surface area (Å²) in [4.78, 5) is 0. The molecule has 0 radical (unpaired) electrons. The van der Waals surface area contributed by atoms with E-state index in [1.807, 2.05) is 0 Å². The molecular formula is C19H30Cl2SiZr-2. The number of aryl methyl sites for hydroxylation is 3. The summed E-state index contributed by atoms with van der Waals surface area (Å²) < 4.78 is 0. The molecule has 23 heavy (non-hydrogen) atoms. The van der Waals surface area contributed by atoms with Crippen molar-refractivity contribution in [3.63, 3.8) is 0 Å². The Balaban J connectivity index is 0.000000323. The molecule has 130 valence electrons. The van der Waals surface area contributed by atoms with Gasteiger partial charge in [-0.2, -0.15) is 46.5 Å². The van der Waals surface area contributed by atoms with Gasteiger partial charge < -0.3 is 0 Å².